The van der Waals surface area contributed by atoms with Crippen LogP contribution in [0.25, 0.3) is 0 Å². The molecule has 0 saturated carbocycles. The van der Waals surface area contributed by atoms with Gasteiger partial charge in [0.2, 0.25) is 0 Å². The van der Waals surface area contributed by atoms with Gasteiger partial charge in [-0.2, -0.15) is 0 Å². The van der Waals surface area contributed by atoms with Crippen LogP contribution in [0.5, 0.6) is 0 Å². The number of nitrogens with zero attached hydrogens (tertiary/aromatic N) is 1. The van der Waals surface area contributed by atoms with Gasteiger partial charge >= 0.3 is 0 Å². The Balaban J connectivity index is 2.69. The Bertz CT molecular complexity index is 197. The quantitative estimate of drug-likeness (QED) is 0.378. The van der Waals surface area contributed by atoms with Crippen molar-refractivity contribution in [3.05, 3.63) is 29.0 Å². The van der Waals surface area contributed by atoms with E-state index in [-0.39, 0.29) is 0 Å². The summed E-state index contributed by atoms with van der Waals surface area (Å²) < 4.78 is 0. The molecule has 0 amide bonds. The summed E-state index contributed by atoms with van der Waals surface area (Å²) in [6, 6.07) is 3.60. The fraction of sp³-hybridized carbons (Fsp3) is 0.167. The third kappa shape index (κ3) is 1.95. The molecule has 0 spiro atoms. The zero-order chi connectivity index (χ0) is 7.40. The first-order valence-electron chi connectivity index (χ1n) is 2.87. The van der Waals surface area contributed by atoms with Crippen LogP contribution in [0.4, 0.5) is 0 Å². The highest BCUT2D eigenvalue weighted by atomic mass is 35.5. The highest BCUT2D eigenvalue weighted by Crippen LogP contribution is 2.03. The average Bonchev–Trinajstić information content (AvgIpc) is 1.95. The molecule has 54 valence electrons. The summed E-state index contributed by atoms with van der Waals surface area (Å²) in [7, 11) is 0. The maximum atomic E-state index is 5.55. The molecule has 10 heavy (non-hydrogen) atoms. The first-order chi connectivity index (χ1) is 4.83. The standard InChI is InChI=1S/C6H8ClN3/c7-6-2-1-5(3-9-6)4-10-8/h1-3,10H,4,8H2. The van der Waals surface area contributed by atoms with Crippen molar-refractivity contribution < 1.29 is 0 Å². The molecule has 4 heteroatoms. The van der Waals surface area contributed by atoms with Crippen molar-refractivity contribution in [1.82, 2.24) is 10.4 Å². The van der Waals surface area contributed by atoms with E-state index in [1.165, 1.54) is 0 Å². The third-order valence-corrected chi connectivity index (χ3v) is 1.32. The number of aromatic nitrogens is 1. The Morgan fingerprint density at radius 3 is 2.90 bits per heavy atom. The SMILES string of the molecule is NNCc1ccc(Cl)nc1. The number of rotatable bonds is 2. The zero-order valence-electron chi connectivity index (χ0n) is 5.34. The van der Waals surface area contributed by atoms with Gasteiger partial charge < -0.3 is 0 Å². The Hall–Kier alpha value is -0.640. The molecule has 1 aromatic rings. The molecule has 1 aromatic heterocycles. The van der Waals surface area contributed by atoms with Gasteiger partial charge in [-0.25, -0.2) is 4.98 Å². The number of nitrogens with one attached hydrogen (secondary N) is 1. The molecule has 0 radical (unpaired) electrons. The Morgan fingerprint density at radius 1 is 1.60 bits per heavy atom. The van der Waals surface area contributed by atoms with E-state index in [1.54, 1.807) is 12.3 Å². The number of nitrogens with two attached hydrogens (primary N) is 1. The Labute approximate surface area is 64.2 Å². The summed E-state index contributed by atoms with van der Waals surface area (Å²) in [4.78, 5) is 3.87. The van der Waals surface area contributed by atoms with Crippen LogP contribution in [-0.4, -0.2) is 4.98 Å². The molecule has 0 aliphatic carbocycles. The Kier molecular flexibility index (Phi) is 2.62. The smallest absolute Gasteiger partial charge is 0.129 e. The van der Waals surface area contributed by atoms with E-state index in [0.717, 1.165) is 5.56 Å². The molecule has 0 bridgehead atoms. The van der Waals surface area contributed by atoms with Crippen molar-refractivity contribution in [2.75, 3.05) is 0 Å². The number of hydrogen-bond donors (Lipinski definition) is 2. The second-order valence-electron chi connectivity index (χ2n) is 1.87. The molecule has 1 rings (SSSR count). The summed E-state index contributed by atoms with van der Waals surface area (Å²) in [5.74, 6) is 5.09. The first-order valence-corrected chi connectivity index (χ1v) is 3.24. The minimum Gasteiger partial charge on any atom is -0.271 e. The fourth-order valence-electron chi connectivity index (χ4n) is 0.629. The molecule has 3 N–H and O–H groups in total. The van der Waals surface area contributed by atoms with Gasteiger partial charge in [0.25, 0.3) is 0 Å². The summed E-state index contributed by atoms with van der Waals surface area (Å²) in [6.07, 6.45) is 1.68. The van der Waals surface area contributed by atoms with Gasteiger partial charge in [0.05, 0.1) is 0 Å². The van der Waals surface area contributed by atoms with Gasteiger partial charge in [-0.1, -0.05) is 17.7 Å². The van der Waals surface area contributed by atoms with Gasteiger partial charge in [0, 0.05) is 12.7 Å². The second kappa shape index (κ2) is 3.51. The van der Waals surface area contributed by atoms with Gasteiger partial charge in [-0.3, -0.25) is 11.3 Å². The largest absolute Gasteiger partial charge is 0.271 e. The predicted octanol–water partition coefficient (Wildman–Crippen LogP) is 0.698. The lowest BCUT2D eigenvalue weighted by molar-refractivity contribution is 0.738. The molecule has 0 saturated heterocycles. The van der Waals surface area contributed by atoms with Crippen molar-refractivity contribution in [3.63, 3.8) is 0 Å². The molecular weight excluding hydrogens is 150 g/mol. The molecule has 0 aliphatic heterocycles. The number of hydrazine groups is 1. The molecule has 0 aliphatic rings. The van der Waals surface area contributed by atoms with E-state index >= 15 is 0 Å². The van der Waals surface area contributed by atoms with Gasteiger partial charge in [-0.05, 0) is 11.6 Å². The number of pyridine rings is 1. The van der Waals surface area contributed by atoms with Gasteiger partial charge in [-0.15, -0.1) is 0 Å². The highest BCUT2D eigenvalue weighted by molar-refractivity contribution is 6.29. The molecule has 0 aromatic carbocycles. The normalized spacial score (nSPS) is 9.80. The molecule has 1 heterocycles. The molecular formula is C6H8ClN3. The van der Waals surface area contributed by atoms with Crippen LogP contribution >= 0.6 is 11.6 Å². The Morgan fingerprint density at radius 2 is 2.40 bits per heavy atom. The number of halogens is 1. The van der Waals surface area contributed by atoms with Crippen molar-refractivity contribution in [2.24, 2.45) is 5.84 Å². The summed E-state index contributed by atoms with van der Waals surface area (Å²) in [5.41, 5.74) is 3.54. The lowest BCUT2D eigenvalue weighted by Gasteiger charge is -1.96. The molecule has 0 unspecified atom stereocenters. The van der Waals surface area contributed by atoms with E-state index < -0.39 is 0 Å². The van der Waals surface area contributed by atoms with E-state index in [0.29, 0.717) is 11.7 Å². The molecule has 0 atom stereocenters. The number of hydrogen-bond acceptors (Lipinski definition) is 3. The van der Waals surface area contributed by atoms with Crippen LogP contribution in [0.3, 0.4) is 0 Å². The van der Waals surface area contributed by atoms with Crippen LogP contribution in [0.2, 0.25) is 5.15 Å². The third-order valence-electron chi connectivity index (χ3n) is 1.09. The average molecular weight is 158 g/mol. The van der Waals surface area contributed by atoms with Gasteiger partial charge in [0.1, 0.15) is 5.15 Å². The highest BCUT2D eigenvalue weighted by Gasteiger charge is 1.90. The van der Waals surface area contributed by atoms with Crippen LogP contribution < -0.4 is 11.3 Å². The summed E-state index contributed by atoms with van der Waals surface area (Å²) >= 11 is 5.55. The summed E-state index contributed by atoms with van der Waals surface area (Å²) in [6.45, 7) is 0.615. The van der Waals surface area contributed by atoms with Crippen LogP contribution in [-0.2, 0) is 6.54 Å². The predicted molar refractivity (Wildman–Crippen MR) is 40.3 cm³/mol. The van der Waals surface area contributed by atoms with Gasteiger partial charge in [0.15, 0.2) is 0 Å². The topological polar surface area (TPSA) is 50.9 Å². The maximum absolute atomic E-state index is 5.55. The van der Waals surface area contributed by atoms with Crippen LogP contribution in [0.1, 0.15) is 5.56 Å². The van der Waals surface area contributed by atoms with Crippen molar-refractivity contribution in [1.29, 1.82) is 0 Å². The second-order valence-corrected chi connectivity index (χ2v) is 2.26. The monoisotopic (exact) mass is 157 g/mol. The van der Waals surface area contributed by atoms with Crippen LogP contribution in [0, 0.1) is 0 Å². The van der Waals surface area contributed by atoms with Crippen LogP contribution in [0.15, 0.2) is 18.3 Å². The van der Waals surface area contributed by atoms with Crippen molar-refractivity contribution in [2.45, 2.75) is 6.54 Å². The van der Waals surface area contributed by atoms with Crippen molar-refractivity contribution >= 4 is 11.6 Å². The first kappa shape index (κ1) is 7.47. The molecule has 3 nitrogen and oxygen atoms in total. The molecule has 0 fully saturated rings. The lowest BCUT2D eigenvalue weighted by Crippen LogP contribution is -2.20. The van der Waals surface area contributed by atoms with Crippen molar-refractivity contribution in [3.8, 4) is 0 Å². The van der Waals surface area contributed by atoms with E-state index in [1.807, 2.05) is 6.07 Å². The van der Waals surface area contributed by atoms with E-state index in [9.17, 15) is 0 Å². The van der Waals surface area contributed by atoms with E-state index in [2.05, 4.69) is 10.4 Å². The summed E-state index contributed by atoms with van der Waals surface area (Å²) in [5, 5.41) is 0.501. The lowest BCUT2D eigenvalue weighted by atomic mass is 10.3. The minimum absolute atomic E-state index is 0.501. The maximum Gasteiger partial charge on any atom is 0.129 e. The van der Waals surface area contributed by atoms with E-state index in [4.69, 9.17) is 17.4 Å². The zero-order valence-corrected chi connectivity index (χ0v) is 6.10. The minimum atomic E-state index is 0.501. The fourth-order valence-corrected chi connectivity index (χ4v) is 0.741.